The van der Waals surface area contributed by atoms with Crippen LogP contribution in [-0.2, 0) is 4.74 Å². The van der Waals surface area contributed by atoms with E-state index >= 15 is 0 Å². The quantitative estimate of drug-likeness (QED) is 0.735. The molecule has 5 heteroatoms. The van der Waals surface area contributed by atoms with E-state index in [4.69, 9.17) is 4.74 Å². The van der Waals surface area contributed by atoms with Crippen molar-refractivity contribution in [2.45, 2.75) is 12.3 Å². The smallest absolute Gasteiger partial charge is 0.178 e. The Morgan fingerprint density at radius 2 is 2.45 bits per heavy atom. The van der Waals surface area contributed by atoms with E-state index in [1.807, 2.05) is 0 Å². The van der Waals surface area contributed by atoms with Gasteiger partial charge in [-0.05, 0) is 29.0 Å². The molecule has 11 heavy (non-hydrogen) atoms. The predicted octanol–water partition coefficient (Wildman–Crippen LogP) is 1.65. The third kappa shape index (κ3) is 1.70. The highest BCUT2D eigenvalue weighted by Crippen LogP contribution is 2.27. The first-order valence-corrected chi connectivity index (χ1v) is 5.32. The van der Waals surface area contributed by atoms with E-state index in [0.29, 0.717) is 5.92 Å². The van der Waals surface area contributed by atoms with Gasteiger partial charge >= 0.3 is 0 Å². The lowest BCUT2D eigenvalue weighted by atomic mass is 10.1. The van der Waals surface area contributed by atoms with Gasteiger partial charge in [-0.3, -0.25) is 0 Å². The van der Waals surface area contributed by atoms with Gasteiger partial charge in [-0.25, -0.2) is 0 Å². The summed E-state index contributed by atoms with van der Waals surface area (Å²) >= 11 is 3.86. The Morgan fingerprint density at radius 3 is 3.00 bits per heavy atom. The second-order valence-corrected chi connectivity index (χ2v) is 5.22. The molecule has 0 spiro atoms. The molecular weight excluding hydrogens is 275 g/mol. The molecule has 1 aliphatic rings. The second kappa shape index (κ2) is 3.32. The van der Waals surface area contributed by atoms with Crippen molar-refractivity contribution in [1.29, 1.82) is 0 Å². The fourth-order valence-electron chi connectivity index (χ4n) is 1.11. The molecule has 1 aromatic rings. The molecule has 1 aromatic heterocycles. The lowest BCUT2D eigenvalue weighted by Crippen LogP contribution is -1.95. The summed E-state index contributed by atoms with van der Waals surface area (Å²) in [6, 6.07) is 0. The molecule has 0 N–H and O–H groups in total. The average Bonchev–Trinajstić information content (AvgIpc) is 2.55. The molecule has 60 valence electrons. The zero-order valence-corrected chi connectivity index (χ0v) is 8.76. The number of nitrogens with zero attached hydrogens (tertiary/aromatic N) is 2. The van der Waals surface area contributed by atoms with Crippen molar-refractivity contribution in [3.05, 3.63) is 8.02 Å². The number of halogens is 1. The maximum atomic E-state index is 5.26. The van der Waals surface area contributed by atoms with Crippen LogP contribution >= 0.6 is 33.9 Å². The van der Waals surface area contributed by atoms with Crippen LogP contribution in [0.1, 0.15) is 17.3 Å². The Balaban J connectivity index is 2.15. The first kappa shape index (κ1) is 7.88. The standard InChI is InChI=1S/C6H7IN2OS/c7-6-9-8-5(11-6)4-1-2-10-3-4/h4H,1-3H2. The van der Waals surface area contributed by atoms with Crippen molar-refractivity contribution >= 4 is 33.9 Å². The van der Waals surface area contributed by atoms with Gasteiger partial charge in [0.1, 0.15) is 5.01 Å². The number of hydrogen-bond donors (Lipinski definition) is 0. The molecule has 0 saturated carbocycles. The van der Waals surface area contributed by atoms with Gasteiger partial charge in [-0.15, -0.1) is 10.2 Å². The van der Waals surface area contributed by atoms with Gasteiger partial charge < -0.3 is 4.74 Å². The van der Waals surface area contributed by atoms with Gasteiger partial charge in [0.15, 0.2) is 3.01 Å². The van der Waals surface area contributed by atoms with Gasteiger partial charge in [0.05, 0.1) is 6.61 Å². The Kier molecular flexibility index (Phi) is 2.38. The maximum Gasteiger partial charge on any atom is 0.178 e. The number of hydrogen-bond acceptors (Lipinski definition) is 4. The third-order valence-electron chi connectivity index (χ3n) is 1.69. The zero-order chi connectivity index (χ0) is 7.68. The van der Waals surface area contributed by atoms with E-state index in [0.717, 1.165) is 27.7 Å². The molecule has 1 atom stereocenters. The molecular formula is C6H7IN2OS. The second-order valence-electron chi connectivity index (χ2n) is 2.45. The van der Waals surface area contributed by atoms with Crippen LogP contribution in [0.4, 0.5) is 0 Å². The molecule has 3 nitrogen and oxygen atoms in total. The Labute approximate surface area is 82.3 Å². The molecule has 2 heterocycles. The van der Waals surface area contributed by atoms with Crippen LogP contribution in [0, 0.1) is 3.01 Å². The molecule has 1 aliphatic heterocycles. The van der Waals surface area contributed by atoms with Crippen LogP contribution in [0.15, 0.2) is 0 Å². The number of rotatable bonds is 1. The first-order chi connectivity index (χ1) is 5.36. The fraction of sp³-hybridized carbons (Fsp3) is 0.667. The van der Waals surface area contributed by atoms with Crippen LogP contribution in [0.3, 0.4) is 0 Å². The van der Waals surface area contributed by atoms with Crippen molar-refractivity contribution in [3.8, 4) is 0 Å². The highest BCUT2D eigenvalue weighted by molar-refractivity contribution is 14.1. The van der Waals surface area contributed by atoms with E-state index < -0.39 is 0 Å². The highest BCUT2D eigenvalue weighted by atomic mass is 127. The van der Waals surface area contributed by atoms with Gasteiger partial charge in [0.2, 0.25) is 0 Å². The largest absolute Gasteiger partial charge is 0.381 e. The zero-order valence-electron chi connectivity index (χ0n) is 5.79. The topological polar surface area (TPSA) is 35.0 Å². The third-order valence-corrected chi connectivity index (χ3v) is 3.45. The summed E-state index contributed by atoms with van der Waals surface area (Å²) in [7, 11) is 0. The maximum absolute atomic E-state index is 5.26. The SMILES string of the molecule is Ic1nnc(C2CCOC2)s1. The summed E-state index contributed by atoms with van der Waals surface area (Å²) in [5.41, 5.74) is 0. The van der Waals surface area contributed by atoms with E-state index in [9.17, 15) is 0 Å². The van der Waals surface area contributed by atoms with E-state index in [1.165, 1.54) is 0 Å². The molecule has 1 unspecified atom stereocenters. The summed E-state index contributed by atoms with van der Waals surface area (Å²) in [5, 5.41) is 9.17. The van der Waals surface area contributed by atoms with Crippen LogP contribution in [-0.4, -0.2) is 23.4 Å². The van der Waals surface area contributed by atoms with Crippen molar-refractivity contribution in [2.75, 3.05) is 13.2 Å². The Morgan fingerprint density at radius 1 is 1.55 bits per heavy atom. The Hall–Kier alpha value is 0.250. The van der Waals surface area contributed by atoms with Crippen LogP contribution in [0.2, 0.25) is 0 Å². The lowest BCUT2D eigenvalue weighted by molar-refractivity contribution is 0.194. The average molecular weight is 282 g/mol. The molecule has 0 amide bonds. The summed E-state index contributed by atoms with van der Waals surface area (Å²) in [5.74, 6) is 0.510. The summed E-state index contributed by atoms with van der Waals surface area (Å²) < 4.78 is 6.28. The van der Waals surface area contributed by atoms with Crippen molar-refractivity contribution in [1.82, 2.24) is 10.2 Å². The molecule has 2 rings (SSSR count). The van der Waals surface area contributed by atoms with Crippen LogP contribution in [0.5, 0.6) is 0 Å². The summed E-state index contributed by atoms with van der Waals surface area (Å²) in [6.07, 6.45) is 1.10. The van der Waals surface area contributed by atoms with E-state index in [1.54, 1.807) is 11.3 Å². The molecule has 0 aromatic carbocycles. The minimum atomic E-state index is 0.510. The monoisotopic (exact) mass is 282 g/mol. The van der Waals surface area contributed by atoms with Crippen molar-refractivity contribution < 1.29 is 4.74 Å². The number of ether oxygens (including phenoxy) is 1. The first-order valence-electron chi connectivity index (χ1n) is 3.43. The van der Waals surface area contributed by atoms with Crippen LogP contribution in [0.25, 0.3) is 0 Å². The molecule has 1 saturated heterocycles. The van der Waals surface area contributed by atoms with E-state index in [-0.39, 0.29) is 0 Å². The molecule has 0 bridgehead atoms. The lowest BCUT2D eigenvalue weighted by Gasteiger charge is -1.98. The summed E-state index contributed by atoms with van der Waals surface area (Å²) in [6.45, 7) is 1.70. The van der Waals surface area contributed by atoms with Gasteiger partial charge in [-0.1, -0.05) is 11.3 Å². The van der Waals surface area contributed by atoms with Crippen molar-refractivity contribution in [2.24, 2.45) is 0 Å². The normalized spacial score (nSPS) is 24.3. The highest BCUT2D eigenvalue weighted by Gasteiger charge is 2.21. The minimum absolute atomic E-state index is 0.510. The van der Waals surface area contributed by atoms with Crippen LogP contribution < -0.4 is 0 Å². The number of aromatic nitrogens is 2. The molecule has 0 aliphatic carbocycles. The van der Waals surface area contributed by atoms with Gasteiger partial charge in [0.25, 0.3) is 0 Å². The minimum Gasteiger partial charge on any atom is -0.381 e. The predicted molar refractivity (Wildman–Crippen MR) is 50.8 cm³/mol. The van der Waals surface area contributed by atoms with Gasteiger partial charge in [0, 0.05) is 12.5 Å². The Bertz CT molecular complexity index is 246. The van der Waals surface area contributed by atoms with Crippen molar-refractivity contribution in [3.63, 3.8) is 0 Å². The van der Waals surface area contributed by atoms with Gasteiger partial charge in [-0.2, -0.15) is 0 Å². The fourth-order valence-corrected chi connectivity index (χ4v) is 2.58. The molecule has 0 radical (unpaired) electrons. The molecule has 1 fully saturated rings. The summed E-state index contributed by atoms with van der Waals surface area (Å²) in [4.78, 5) is 0. The van der Waals surface area contributed by atoms with E-state index in [2.05, 4.69) is 32.8 Å².